The highest BCUT2D eigenvalue weighted by Gasteiger charge is 2.08. The third kappa shape index (κ3) is 2.85. The molecule has 2 heterocycles. The molecule has 0 radical (unpaired) electrons. The first-order valence-electron chi connectivity index (χ1n) is 6.88. The molecule has 3 aromatic rings. The highest BCUT2D eigenvalue weighted by Crippen LogP contribution is 2.28. The molecule has 0 atom stereocenters. The number of aromatic nitrogens is 2. The van der Waals surface area contributed by atoms with Gasteiger partial charge >= 0.3 is 0 Å². The van der Waals surface area contributed by atoms with Crippen molar-refractivity contribution >= 4 is 44.6 Å². The number of rotatable bonds is 4. The molecule has 110 valence electrons. The number of halogens is 1. The van der Waals surface area contributed by atoms with Crippen molar-refractivity contribution in [3.05, 3.63) is 58.3 Å². The highest BCUT2D eigenvalue weighted by molar-refractivity contribution is 9.10. The molecule has 4 nitrogen and oxygen atoms in total. The number of carbonyl (C=O) groups excluding carboxylic acids is 1. The summed E-state index contributed by atoms with van der Waals surface area (Å²) in [4.78, 5) is 19.5. The molecule has 0 aliphatic heterocycles. The number of hydrogen-bond donors (Lipinski definition) is 1. The van der Waals surface area contributed by atoms with Gasteiger partial charge in [0.25, 0.3) is 0 Å². The normalized spacial score (nSPS) is 10.6. The lowest BCUT2D eigenvalue weighted by Crippen LogP contribution is -1.99. The number of hydrogen-bond acceptors (Lipinski definition) is 4. The van der Waals surface area contributed by atoms with E-state index in [9.17, 15) is 4.79 Å². The average Bonchev–Trinajstić information content (AvgIpc) is 2.52. The molecular weight excluding hydrogens is 342 g/mol. The summed E-state index contributed by atoms with van der Waals surface area (Å²) in [6.45, 7) is 2.03. The first kappa shape index (κ1) is 14.7. The van der Waals surface area contributed by atoms with Crippen LogP contribution in [0.15, 0.2) is 47.2 Å². The van der Waals surface area contributed by atoms with Crippen LogP contribution in [0.2, 0.25) is 0 Å². The maximum atomic E-state index is 10.6. The van der Waals surface area contributed by atoms with Gasteiger partial charge in [0.2, 0.25) is 0 Å². The van der Waals surface area contributed by atoms with E-state index in [-0.39, 0.29) is 0 Å². The molecule has 5 heteroatoms. The Hall–Kier alpha value is -2.27. The Labute approximate surface area is 136 Å². The van der Waals surface area contributed by atoms with Crippen LogP contribution >= 0.6 is 15.9 Å². The minimum absolute atomic E-state index is 0.374. The summed E-state index contributed by atoms with van der Waals surface area (Å²) < 4.78 is 1.04. The molecule has 0 bridgehead atoms. The standard InChI is InChI=1S/C17H14BrN3O/c1-11-14(18)3-2-4-15(11)21-17-16-13(5-7-19-17)9-12(6-8-22)10-20-16/h2-5,7-10H,6H2,1H3,(H,19,21). The molecule has 0 saturated carbocycles. The van der Waals surface area contributed by atoms with Crippen LogP contribution in [0.1, 0.15) is 11.1 Å². The average molecular weight is 356 g/mol. The topological polar surface area (TPSA) is 54.9 Å². The van der Waals surface area contributed by atoms with E-state index in [4.69, 9.17) is 0 Å². The fraction of sp³-hybridized carbons (Fsp3) is 0.118. The van der Waals surface area contributed by atoms with Crippen LogP contribution in [0.25, 0.3) is 10.9 Å². The third-order valence-corrected chi connectivity index (χ3v) is 4.35. The van der Waals surface area contributed by atoms with Crippen molar-refractivity contribution in [1.29, 1.82) is 0 Å². The molecule has 0 fully saturated rings. The van der Waals surface area contributed by atoms with Gasteiger partial charge in [-0.25, -0.2) is 4.98 Å². The van der Waals surface area contributed by atoms with Crippen LogP contribution in [-0.2, 0) is 11.2 Å². The largest absolute Gasteiger partial charge is 0.338 e. The zero-order valence-corrected chi connectivity index (χ0v) is 13.6. The van der Waals surface area contributed by atoms with Gasteiger partial charge in [0, 0.05) is 34.4 Å². The number of aldehydes is 1. The zero-order valence-electron chi connectivity index (χ0n) is 12.0. The number of anilines is 2. The van der Waals surface area contributed by atoms with E-state index in [1.807, 2.05) is 37.3 Å². The van der Waals surface area contributed by atoms with E-state index in [0.717, 1.165) is 38.5 Å². The highest BCUT2D eigenvalue weighted by atomic mass is 79.9. The third-order valence-electron chi connectivity index (χ3n) is 3.50. The molecule has 0 aliphatic carbocycles. The summed E-state index contributed by atoms with van der Waals surface area (Å²) in [5.74, 6) is 0.705. The fourth-order valence-electron chi connectivity index (χ4n) is 2.28. The SMILES string of the molecule is Cc1c(Br)cccc1Nc1nccc2cc(CC=O)cnc12. The molecule has 0 spiro atoms. The molecule has 3 rings (SSSR count). The first-order chi connectivity index (χ1) is 10.7. The molecule has 1 N–H and O–H groups in total. The lowest BCUT2D eigenvalue weighted by molar-refractivity contribution is -0.107. The monoisotopic (exact) mass is 355 g/mol. The van der Waals surface area contributed by atoms with Gasteiger partial charge in [-0.1, -0.05) is 22.0 Å². The van der Waals surface area contributed by atoms with Crippen molar-refractivity contribution in [1.82, 2.24) is 9.97 Å². The van der Waals surface area contributed by atoms with E-state index in [1.54, 1.807) is 12.4 Å². The van der Waals surface area contributed by atoms with Gasteiger partial charge in [0.05, 0.1) is 0 Å². The van der Waals surface area contributed by atoms with Crippen LogP contribution in [0.5, 0.6) is 0 Å². The van der Waals surface area contributed by atoms with Gasteiger partial charge in [0.15, 0.2) is 5.82 Å². The van der Waals surface area contributed by atoms with Crippen molar-refractivity contribution in [3.8, 4) is 0 Å². The summed E-state index contributed by atoms with van der Waals surface area (Å²) in [6.07, 6.45) is 4.72. The van der Waals surface area contributed by atoms with E-state index >= 15 is 0 Å². The quantitative estimate of drug-likeness (QED) is 0.713. The Morgan fingerprint density at radius 3 is 2.95 bits per heavy atom. The summed E-state index contributed by atoms with van der Waals surface area (Å²) in [6, 6.07) is 9.84. The molecule has 1 aromatic carbocycles. The Bertz CT molecular complexity index is 848. The number of fused-ring (bicyclic) bond motifs is 1. The smallest absolute Gasteiger partial charge is 0.156 e. The van der Waals surface area contributed by atoms with E-state index in [1.165, 1.54) is 0 Å². The Morgan fingerprint density at radius 2 is 2.14 bits per heavy atom. The number of nitrogens with one attached hydrogen (secondary N) is 1. The van der Waals surface area contributed by atoms with Gasteiger partial charge in [-0.3, -0.25) is 4.98 Å². The lowest BCUT2D eigenvalue weighted by Gasteiger charge is -2.12. The Kier molecular flexibility index (Phi) is 4.15. The zero-order chi connectivity index (χ0) is 15.5. The van der Waals surface area contributed by atoms with Crippen LogP contribution in [0, 0.1) is 6.92 Å². The maximum absolute atomic E-state index is 10.6. The van der Waals surface area contributed by atoms with Gasteiger partial charge in [-0.15, -0.1) is 0 Å². The second-order valence-electron chi connectivity index (χ2n) is 4.98. The van der Waals surface area contributed by atoms with Crippen LogP contribution in [0.4, 0.5) is 11.5 Å². The van der Waals surface area contributed by atoms with Gasteiger partial charge in [0.1, 0.15) is 11.8 Å². The maximum Gasteiger partial charge on any atom is 0.156 e. The van der Waals surface area contributed by atoms with Crippen molar-refractivity contribution in [2.24, 2.45) is 0 Å². The van der Waals surface area contributed by atoms with Crippen LogP contribution in [-0.4, -0.2) is 16.3 Å². The van der Waals surface area contributed by atoms with Crippen molar-refractivity contribution in [3.63, 3.8) is 0 Å². The van der Waals surface area contributed by atoms with Gasteiger partial charge in [-0.05, 0) is 42.3 Å². The Balaban J connectivity index is 2.04. The molecule has 2 aromatic heterocycles. The molecule has 22 heavy (non-hydrogen) atoms. The summed E-state index contributed by atoms with van der Waals surface area (Å²) >= 11 is 3.53. The number of nitrogens with zero attached hydrogens (tertiary/aromatic N) is 2. The molecule has 0 aliphatic rings. The van der Waals surface area contributed by atoms with E-state index in [0.29, 0.717) is 12.2 Å². The molecule has 0 amide bonds. The molecule has 0 saturated heterocycles. The fourth-order valence-corrected chi connectivity index (χ4v) is 2.64. The van der Waals surface area contributed by atoms with Crippen LogP contribution in [0.3, 0.4) is 0 Å². The predicted octanol–water partition coefficient (Wildman–Crippen LogP) is 4.19. The van der Waals surface area contributed by atoms with E-state index in [2.05, 4.69) is 31.2 Å². The van der Waals surface area contributed by atoms with Crippen molar-refractivity contribution < 1.29 is 4.79 Å². The predicted molar refractivity (Wildman–Crippen MR) is 91.5 cm³/mol. The summed E-state index contributed by atoms with van der Waals surface area (Å²) in [7, 11) is 0. The van der Waals surface area contributed by atoms with Gasteiger partial charge < -0.3 is 10.1 Å². The second kappa shape index (κ2) is 6.23. The number of benzene rings is 1. The Morgan fingerprint density at radius 1 is 1.27 bits per heavy atom. The molecular formula is C17H14BrN3O. The second-order valence-corrected chi connectivity index (χ2v) is 5.84. The first-order valence-corrected chi connectivity index (χ1v) is 7.68. The molecule has 0 unspecified atom stereocenters. The summed E-state index contributed by atoms with van der Waals surface area (Å²) in [5.41, 5.74) is 3.78. The van der Waals surface area contributed by atoms with Crippen molar-refractivity contribution in [2.45, 2.75) is 13.3 Å². The van der Waals surface area contributed by atoms with Crippen LogP contribution < -0.4 is 5.32 Å². The van der Waals surface area contributed by atoms with E-state index < -0.39 is 0 Å². The number of carbonyl (C=O) groups is 1. The number of pyridine rings is 2. The summed E-state index contributed by atoms with van der Waals surface area (Å²) in [5, 5.41) is 4.30. The van der Waals surface area contributed by atoms with Crippen molar-refractivity contribution in [2.75, 3.05) is 5.32 Å². The minimum Gasteiger partial charge on any atom is -0.338 e. The van der Waals surface area contributed by atoms with Gasteiger partial charge in [-0.2, -0.15) is 0 Å². The lowest BCUT2D eigenvalue weighted by atomic mass is 10.1. The minimum atomic E-state index is 0.374.